The summed E-state index contributed by atoms with van der Waals surface area (Å²) in [4.78, 5) is 37.6. The van der Waals surface area contributed by atoms with E-state index in [1.54, 1.807) is 18.0 Å². The van der Waals surface area contributed by atoms with Gasteiger partial charge in [-0.25, -0.2) is 9.79 Å². The number of carbonyl (C=O) groups excluding carboxylic acids is 2. The van der Waals surface area contributed by atoms with E-state index in [0.717, 1.165) is 22.9 Å². The Hall–Kier alpha value is -3.09. The number of carbonyl (C=O) groups is 2. The number of hydrogen-bond donors (Lipinski definition) is 0. The Morgan fingerprint density at radius 1 is 1.18 bits per heavy atom. The number of aliphatic imine (C=N–C) groups is 1. The Kier molecular flexibility index (Phi) is 4.25. The number of urea groups is 1. The molecular formula is C21H25N5O2. The molecule has 4 rings (SSSR count). The van der Waals surface area contributed by atoms with Crippen molar-refractivity contribution in [1.82, 2.24) is 19.6 Å². The lowest BCUT2D eigenvalue weighted by Crippen LogP contribution is -2.64. The summed E-state index contributed by atoms with van der Waals surface area (Å²) in [5.41, 5.74) is 3.22. The topological polar surface area (TPSA) is 59.5 Å². The zero-order valence-electron chi connectivity index (χ0n) is 16.7. The van der Waals surface area contributed by atoms with Gasteiger partial charge in [0.15, 0.2) is 12.2 Å². The Morgan fingerprint density at radius 3 is 2.50 bits per heavy atom. The SMILES string of the molecule is C=CCN1C(=O)C2C(N=C3N(C(C)c4ccccc4)C(C)=C(C)N32)N(C)C1=O. The molecule has 0 N–H and O–H groups in total. The predicted octanol–water partition coefficient (Wildman–Crippen LogP) is 2.76. The smallest absolute Gasteiger partial charge is 0.307 e. The van der Waals surface area contributed by atoms with Crippen LogP contribution in [0.25, 0.3) is 0 Å². The minimum Gasteiger partial charge on any atom is -0.307 e. The van der Waals surface area contributed by atoms with Crippen LogP contribution in [0.5, 0.6) is 0 Å². The van der Waals surface area contributed by atoms with Crippen molar-refractivity contribution in [3.05, 3.63) is 59.9 Å². The third-order valence-corrected chi connectivity index (χ3v) is 5.92. The van der Waals surface area contributed by atoms with Crippen LogP contribution in [0.2, 0.25) is 0 Å². The fraction of sp³-hybridized carbons (Fsp3) is 0.381. The third kappa shape index (κ3) is 2.38. The number of nitrogens with zero attached hydrogens (tertiary/aromatic N) is 5. The fourth-order valence-electron chi connectivity index (χ4n) is 4.28. The summed E-state index contributed by atoms with van der Waals surface area (Å²) in [5.74, 6) is 0.503. The van der Waals surface area contributed by atoms with E-state index in [-0.39, 0.29) is 24.5 Å². The maximum atomic E-state index is 13.2. The van der Waals surface area contributed by atoms with Crippen molar-refractivity contribution < 1.29 is 9.59 Å². The molecule has 146 valence electrons. The van der Waals surface area contributed by atoms with Gasteiger partial charge in [0.05, 0.1) is 6.04 Å². The molecule has 3 aliphatic rings. The van der Waals surface area contributed by atoms with E-state index in [4.69, 9.17) is 4.99 Å². The van der Waals surface area contributed by atoms with Crippen molar-refractivity contribution in [2.45, 2.75) is 39.0 Å². The molecule has 0 spiro atoms. The number of benzene rings is 1. The number of hydrogen-bond acceptors (Lipinski definition) is 5. The molecule has 3 unspecified atom stereocenters. The fourth-order valence-corrected chi connectivity index (χ4v) is 4.28. The highest BCUT2D eigenvalue weighted by atomic mass is 16.2. The molecule has 28 heavy (non-hydrogen) atoms. The van der Waals surface area contributed by atoms with Gasteiger partial charge in [-0.3, -0.25) is 14.6 Å². The average Bonchev–Trinajstić information content (AvgIpc) is 3.19. The molecule has 1 aromatic rings. The number of allylic oxidation sites excluding steroid dienone is 2. The molecule has 7 heteroatoms. The lowest BCUT2D eigenvalue weighted by molar-refractivity contribution is -0.136. The van der Waals surface area contributed by atoms with Gasteiger partial charge in [-0.2, -0.15) is 0 Å². The van der Waals surface area contributed by atoms with Crippen molar-refractivity contribution >= 4 is 17.9 Å². The van der Waals surface area contributed by atoms with Crippen molar-refractivity contribution in [3.8, 4) is 0 Å². The van der Waals surface area contributed by atoms with Crippen molar-refractivity contribution in [2.75, 3.05) is 13.6 Å². The first-order valence-electron chi connectivity index (χ1n) is 9.46. The van der Waals surface area contributed by atoms with Crippen LogP contribution in [0.1, 0.15) is 32.4 Å². The molecule has 3 atom stereocenters. The highest BCUT2D eigenvalue weighted by Crippen LogP contribution is 2.41. The van der Waals surface area contributed by atoms with E-state index in [1.807, 2.05) is 36.9 Å². The zero-order chi connectivity index (χ0) is 20.2. The number of amides is 3. The minimum absolute atomic E-state index is 0.0560. The molecule has 0 aliphatic carbocycles. The Balaban J connectivity index is 1.75. The number of guanidine groups is 1. The molecule has 0 bridgehead atoms. The second-order valence-corrected chi connectivity index (χ2v) is 7.42. The van der Waals surface area contributed by atoms with E-state index < -0.39 is 12.2 Å². The summed E-state index contributed by atoms with van der Waals surface area (Å²) in [5, 5.41) is 0. The van der Waals surface area contributed by atoms with Crippen LogP contribution in [-0.4, -0.2) is 63.3 Å². The molecule has 0 radical (unpaired) electrons. The van der Waals surface area contributed by atoms with Gasteiger partial charge in [0.25, 0.3) is 5.91 Å². The van der Waals surface area contributed by atoms with Gasteiger partial charge in [0, 0.05) is 25.0 Å². The highest BCUT2D eigenvalue weighted by Gasteiger charge is 2.56. The second kappa shape index (κ2) is 6.51. The minimum atomic E-state index is -0.541. The van der Waals surface area contributed by atoms with Gasteiger partial charge in [0.2, 0.25) is 5.96 Å². The summed E-state index contributed by atoms with van der Waals surface area (Å²) in [6.45, 7) is 10.0. The lowest BCUT2D eigenvalue weighted by atomic mass is 10.1. The van der Waals surface area contributed by atoms with Crippen LogP contribution in [-0.2, 0) is 4.79 Å². The molecule has 3 heterocycles. The average molecular weight is 379 g/mol. The molecule has 3 aliphatic heterocycles. The van der Waals surface area contributed by atoms with Crippen molar-refractivity contribution in [2.24, 2.45) is 4.99 Å². The van der Waals surface area contributed by atoms with Crippen LogP contribution in [0.15, 0.2) is 59.4 Å². The summed E-state index contributed by atoms with van der Waals surface area (Å²) < 4.78 is 0. The largest absolute Gasteiger partial charge is 0.328 e. The molecule has 0 aromatic heterocycles. The first kappa shape index (κ1) is 18.3. The molecule has 3 amide bonds. The Morgan fingerprint density at radius 2 is 1.86 bits per heavy atom. The van der Waals surface area contributed by atoms with Crippen LogP contribution in [0.3, 0.4) is 0 Å². The second-order valence-electron chi connectivity index (χ2n) is 7.42. The standard InChI is InChI=1S/C21H25N5O2/c1-6-12-24-19(27)17-18(23(5)21(24)28)22-20-25(13(2)14(3)26(17)20)15(4)16-10-8-7-9-11-16/h6-11,15,17-18H,1,12H2,2-5H3. The Bertz CT molecular complexity index is 907. The van der Waals surface area contributed by atoms with E-state index >= 15 is 0 Å². The maximum Gasteiger partial charge on any atom is 0.328 e. The zero-order valence-corrected chi connectivity index (χ0v) is 16.7. The van der Waals surface area contributed by atoms with Gasteiger partial charge in [0.1, 0.15) is 0 Å². The van der Waals surface area contributed by atoms with Crippen LogP contribution in [0.4, 0.5) is 4.79 Å². The van der Waals surface area contributed by atoms with Crippen molar-refractivity contribution in [1.29, 1.82) is 0 Å². The summed E-state index contributed by atoms with van der Waals surface area (Å²) in [6.07, 6.45) is 1.05. The number of rotatable bonds is 4. The van der Waals surface area contributed by atoms with Gasteiger partial charge in [-0.1, -0.05) is 36.4 Å². The van der Waals surface area contributed by atoms with Gasteiger partial charge in [-0.15, -0.1) is 6.58 Å². The number of likely N-dealkylation sites (N-methyl/N-ethyl adjacent to an activating group) is 1. The molecule has 0 saturated carbocycles. The molecule has 1 fully saturated rings. The first-order valence-corrected chi connectivity index (χ1v) is 9.46. The molecule has 7 nitrogen and oxygen atoms in total. The summed E-state index contributed by atoms with van der Waals surface area (Å²) in [6, 6.07) is 9.39. The predicted molar refractivity (Wildman–Crippen MR) is 107 cm³/mol. The third-order valence-electron chi connectivity index (χ3n) is 5.92. The molecule has 1 aromatic carbocycles. The van der Waals surface area contributed by atoms with Gasteiger partial charge < -0.3 is 9.80 Å². The van der Waals surface area contributed by atoms with E-state index in [0.29, 0.717) is 0 Å². The molecule has 1 saturated heterocycles. The molecular weight excluding hydrogens is 354 g/mol. The van der Waals surface area contributed by atoms with Crippen molar-refractivity contribution in [3.63, 3.8) is 0 Å². The summed E-state index contributed by atoms with van der Waals surface area (Å²) >= 11 is 0. The lowest BCUT2D eigenvalue weighted by Gasteiger charge is -2.40. The van der Waals surface area contributed by atoms with E-state index in [2.05, 4.69) is 30.5 Å². The van der Waals surface area contributed by atoms with Gasteiger partial charge >= 0.3 is 6.03 Å². The van der Waals surface area contributed by atoms with Crippen LogP contribution in [0, 0.1) is 0 Å². The number of fused-ring (bicyclic) bond motifs is 3. The quantitative estimate of drug-likeness (QED) is 0.755. The number of imide groups is 1. The maximum absolute atomic E-state index is 13.2. The monoisotopic (exact) mass is 379 g/mol. The van der Waals surface area contributed by atoms with Crippen LogP contribution < -0.4 is 0 Å². The normalized spacial score (nSPS) is 25.2. The van der Waals surface area contributed by atoms with Crippen LogP contribution >= 0.6 is 0 Å². The highest BCUT2D eigenvalue weighted by molar-refractivity contribution is 6.05. The first-order chi connectivity index (χ1) is 13.4. The van der Waals surface area contributed by atoms with Gasteiger partial charge in [-0.05, 0) is 26.3 Å². The Labute approximate surface area is 165 Å². The summed E-state index contributed by atoms with van der Waals surface area (Å²) in [7, 11) is 1.70. The van der Waals surface area contributed by atoms with E-state index in [9.17, 15) is 9.59 Å². The van der Waals surface area contributed by atoms with E-state index in [1.165, 1.54) is 4.90 Å².